The fraction of sp³-hybridized carbons (Fsp3) is 0.375. The van der Waals surface area contributed by atoms with Gasteiger partial charge < -0.3 is 11.1 Å². The maximum atomic E-state index is 5.70. The summed E-state index contributed by atoms with van der Waals surface area (Å²) in [4.78, 5) is 3.80. The molecule has 0 radical (unpaired) electrons. The molecule has 3 nitrogen and oxygen atoms in total. The van der Waals surface area contributed by atoms with E-state index in [2.05, 4.69) is 10.3 Å². The van der Waals surface area contributed by atoms with Gasteiger partial charge in [-0.2, -0.15) is 0 Å². The van der Waals surface area contributed by atoms with Crippen molar-refractivity contribution in [1.82, 2.24) is 5.32 Å². The molecular formula is C8H14ClN3. The van der Waals surface area contributed by atoms with E-state index in [1.807, 2.05) is 7.05 Å². The summed E-state index contributed by atoms with van der Waals surface area (Å²) in [7, 11) is 3.50. The summed E-state index contributed by atoms with van der Waals surface area (Å²) in [6.45, 7) is 0.722. The molecule has 0 rings (SSSR count). The van der Waals surface area contributed by atoms with Gasteiger partial charge in [0, 0.05) is 13.6 Å². The van der Waals surface area contributed by atoms with E-state index in [-0.39, 0.29) is 0 Å². The van der Waals surface area contributed by atoms with Crippen LogP contribution in [-0.2, 0) is 0 Å². The number of nitrogens with one attached hydrogen (secondary N) is 1. The fourth-order valence-electron chi connectivity index (χ4n) is 0.703. The molecule has 0 atom stereocenters. The molecule has 0 saturated carbocycles. The van der Waals surface area contributed by atoms with Gasteiger partial charge in [-0.15, -0.1) is 0 Å². The minimum atomic E-state index is 0.471. The van der Waals surface area contributed by atoms with Crippen LogP contribution in [0.25, 0.3) is 0 Å². The van der Waals surface area contributed by atoms with Crippen molar-refractivity contribution >= 4 is 16.8 Å². The Balaban J connectivity index is 4.37. The summed E-state index contributed by atoms with van der Waals surface area (Å²) in [6.07, 6.45) is 5.02. The van der Waals surface area contributed by atoms with E-state index in [1.165, 1.54) is 6.20 Å². The smallest absolute Gasteiger partial charge is 0.123 e. The topological polar surface area (TPSA) is 50.4 Å². The van der Waals surface area contributed by atoms with Crippen LogP contribution >= 0.6 is 11.6 Å². The van der Waals surface area contributed by atoms with Crippen molar-refractivity contribution in [2.24, 2.45) is 10.7 Å². The molecule has 0 aliphatic rings. The minimum absolute atomic E-state index is 0.471. The number of rotatable bonds is 4. The van der Waals surface area contributed by atoms with Crippen LogP contribution in [0.15, 0.2) is 28.9 Å². The third-order valence-electron chi connectivity index (χ3n) is 1.21. The van der Waals surface area contributed by atoms with E-state index < -0.39 is 0 Å². The Kier molecular flexibility index (Phi) is 6.42. The van der Waals surface area contributed by atoms with Gasteiger partial charge in [0.25, 0.3) is 0 Å². The molecule has 0 aliphatic heterocycles. The molecule has 0 aromatic heterocycles. The first-order chi connectivity index (χ1) is 5.74. The van der Waals surface area contributed by atoms with Crippen LogP contribution in [0.4, 0.5) is 0 Å². The van der Waals surface area contributed by atoms with Crippen molar-refractivity contribution in [2.75, 3.05) is 20.6 Å². The van der Waals surface area contributed by atoms with Crippen molar-refractivity contribution < 1.29 is 0 Å². The molecule has 0 aliphatic carbocycles. The second-order valence-electron chi connectivity index (χ2n) is 2.16. The van der Waals surface area contributed by atoms with E-state index >= 15 is 0 Å². The van der Waals surface area contributed by atoms with E-state index in [9.17, 15) is 0 Å². The van der Waals surface area contributed by atoms with Crippen molar-refractivity contribution in [3.63, 3.8) is 0 Å². The lowest BCUT2D eigenvalue weighted by atomic mass is 10.2. The predicted octanol–water partition coefficient (Wildman–Crippen LogP) is 0.872. The van der Waals surface area contributed by atoms with Gasteiger partial charge in [0.15, 0.2) is 0 Å². The summed E-state index contributed by atoms with van der Waals surface area (Å²) < 4.78 is 0. The number of nitrogens with two attached hydrogens (primary N) is 1. The Bertz CT molecular complexity index is 206. The fourth-order valence-corrected chi connectivity index (χ4v) is 0.843. The number of halogens is 1. The molecule has 0 unspecified atom stereocenters. The first-order valence-corrected chi connectivity index (χ1v) is 3.98. The molecule has 4 heteroatoms. The largest absolute Gasteiger partial charge is 0.405 e. The lowest BCUT2D eigenvalue weighted by Gasteiger charge is -1.98. The molecule has 0 fully saturated rings. The summed E-state index contributed by atoms with van der Waals surface area (Å²) in [6, 6.07) is 0. The zero-order valence-corrected chi connectivity index (χ0v) is 8.10. The highest BCUT2D eigenvalue weighted by Gasteiger charge is 1.92. The second-order valence-corrected chi connectivity index (χ2v) is 2.54. The van der Waals surface area contributed by atoms with E-state index in [1.54, 1.807) is 19.2 Å². The summed E-state index contributed by atoms with van der Waals surface area (Å²) >= 11 is 5.70. The molecule has 0 aromatic rings. The van der Waals surface area contributed by atoms with E-state index in [0.29, 0.717) is 5.17 Å². The van der Waals surface area contributed by atoms with Crippen molar-refractivity contribution in [2.45, 2.75) is 0 Å². The first-order valence-electron chi connectivity index (χ1n) is 3.60. The average Bonchev–Trinajstić information content (AvgIpc) is 2.05. The van der Waals surface area contributed by atoms with Gasteiger partial charge >= 0.3 is 0 Å². The van der Waals surface area contributed by atoms with Crippen LogP contribution in [0, 0.1) is 0 Å². The molecule has 3 N–H and O–H groups in total. The predicted molar refractivity (Wildman–Crippen MR) is 54.5 cm³/mol. The number of likely N-dealkylation sites (N-methyl/N-ethyl adjacent to an activating group) is 1. The van der Waals surface area contributed by atoms with Crippen molar-refractivity contribution in [3.8, 4) is 0 Å². The molecule has 12 heavy (non-hydrogen) atoms. The minimum Gasteiger partial charge on any atom is -0.405 e. The number of allylic oxidation sites excluding steroid dienone is 1. The van der Waals surface area contributed by atoms with Crippen LogP contribution in [0.2, 0.25) is 0 Å². The summed E-state index contributed by atoms with van der Waals surface area (Å²) in [5.41, 5.74) is 6.24. The molecule has 0 amide bonds. The molecule has 0 bridgehead atoms. The van der Waals surface area contributed by atoms with Gasteiger partial charge in [-0.3, -0.25) is 4.99 Å². The quantitative estimate of drug-likeness (QED) is 0.507. The molecule has 0 heterocycles. The van der Waals surface area contributed by atoms with Gasteiger partial charge in [0.05, 0.1) is 0 Å². The third kappa shape index (κ3) is 4.93. The van der Waals surface area contributed by atoms with Crippen molar-refractivity contribution in [3.05, 3.63) is 23.9 Å². The molecular weight excluding hydrogens is 174 g/mol. The van der Waals surface area contributed by atoms with Gasteiger partial charge in [-0.25, -0.2) is 0 Å². The lowest BCUT2D eigenvalue weighted by Crippen LogP contribution is -2.10. The van der Waals surface area contributed by atoms with Crippen LogP contribution < -0.4 is 11.1 Å². The van der Waals surface area contributed by atoms with Crippen LogP contribution in [0.5, 0.6) is 0 Å². The average molecular weight is 188 g/mol. The Morgan fingerprint density at radius 1 is 1.67 bits per heavy atom. The maximum Gasteiger partial charge on any atom is 0.123 e. The summed E-state index contributed by atoms with van der Waals surface area (Å²) in [5.74, 6) is 0. The maximum absolute atomic E-state index is 5.70. The lowest BCUT2D eigenvalue weighted by molar-refractivity contribution is 0.896. The van der Waals surface area contributed by atoms with Gasteiger partial charge in [-0.1, -0.05) is 11.6 Å². The monoisotopic (exact) mass is 187 g/mol. The third-order valence-corrected chi connectivity index (χ3v) is 1.49. The number of hydrogen-bond donors (Lipinski definition) is 2. The number of nitrogens with zero attached hydrogens (tertiary/aromatic N) is 1. The van der Waals surface area contributed by atoms with Gasteiger partial charge in [-0.05, 0) is 31.0 Å². The highest BCUT2D eigenvalue weighted by molar-refractivity contribution is 6.68. The zero-order chi connectivity index (χ0) is 9.40. The highest BCUT2D eigenvalue weighted by Crippen LogP contribution is 1.98. The van der Waals surface area contributed by atoms with E-state index in [0.717, 1.165) is 12.1 Å². The Morgan fingerprint density at radius 2 is 2.33 bits per heavy atom. The number of aliphatic imine (C=N–C) groups is 1. The SMILES string of the molecule is C\N=C(Cl)/C=C(\C=C\N)CNC. The highest BCUT2D eigenvalue weighted by atomic mass is 35.5. The van der Waals surface area contributed by atoms with Crippen LogP contribution in [-0.4, -0.2) is 25.8 Å². The van der Waals surface area contributed by atoms with E-state index in [4.69, 9.17) is 17.3 Å². The van der Waals surface area contributed by atoms with Gasteiger partial charge in [0.1, 0.15) is 5.17 Å². The summed E-state index contributed by atoms with van der Waals surface area (Å²) in [5, 5.41) is 3.46. The van der Waals surface area contributed by atoms with Gasteiger partial charge in [0.2, 0.25) is 0 Å². The standard InChI is InChI=1S/C8H14ClN3/c1-11-6-7(3-4-10)5-8(9)12-2/h3-5,11H,6,10H2,1-2H3/b4-3+,7-5+,12-8+. The normalized spacial score (nSPS) is 14.2. The number of hydrogen-bond acceptors (Lipinski definition) is 3. The van der Waals surface area contributed by atoms with Crippen LogP contribution in [0.1, 0.15) is 0 Å². The van der Waals surface area contributed by atoms with Crippen LogP contribution in [0.3, 0.4) is 0 Å². The molecule has 0 aromatic carbocycles. The first kappa shape index (κ1) is 11.2. The molecule has 68 valence electrons. The molecule has 0 saturated heterocycles. The molecule has 0 spiro atoms. The Labute approximate surface area is 78.0 Å². The Morgan fingerprint density at radius 3 is 2.75 bits per heavy atom. The Hall–Kier alpha value is -0.800. The second kappa shape index (κ2) is 6.88. The van der Waals surface area contributed by atoms with Crippen molar-refractivity contribution in [1.29, 1.82) is 0 Å². The zero-order valence-electron chi connectivity index (χ0n) is 7.34.